The molecule has 1 aromatic carbocycles. The first-order valence-corrected chi connectivity index (χ1v) is 7.25. The van der Waals surface area contributed by atoms with Crippen molar-refractivity contribution >= 4 is 45.0 Å². The van der Waals surface area contributed by atoms with Crippen LogP contribution < -0.4 is 10.1 Å². The topological polar surface area (TPSA) is 89.8 Å². The first-order valence-electron chi connectivity index (χ1n) is 6.44. The van der Waals surface area contributed by atoms with Crippen LogP contribution in [0.4, 0.5) is 5.69 Å². The molecule has 0 saturated heterocycles. The number of nitrogens with zero attached hydrogens (tertiary/aromatic N) is 2. The van der Waals surface area contributed by atoms with Crippen LogP contribution in [0.1, 0.15) is 13.8 Å². The Hall–Kier alpha value is -2.48. The minimum absolute atomic E-state index is 0.0396. The van der Waals surface area contributed by atoms with Crippen molar-refractivity contribution < 1.29 is 19.1 Å². The van der Waals surface area contributed by atoms with Gasteiger partial charge in [-0.15, -0.1) is 0 Å². The molecule has 2 rings (SSSR count). The summed E-state index contributed by atoms with van der Waals surface area (Å²) >= 11 is 1.26. The number of amides is 2. The average Bonchev–Trinajstić information content (AvgIpc) is 2.74. The molecule has 1 N–H and O–H groups in total. The van der Waals surface area contributed by atoms with Gasteiger partial charge in [0.1, 0.15) is 6.54 Å². The van der Waals surface area contributed by atoms with Gasteiger partial charge in [0, 0.05) is 19.5 Å². The van der Waals surface area contributed by atoms with E-state index < -0.39 is 5.97 Å². The van der Waals surface area contributed by atoms with Crippen molar-refractivity contribution in [2.45, 2.75) is 20.4 Å². The first-order chi connectivity index (χ1) is 10.4. The molecule has 0 unspecified atom stereocenters. The Balaban J connectivity index is 2.60. The molecule has 0 atom stereocenters. The number of carbonyl (C=O) groups is 3. The van der Waals surface area contributed by atoms with E-state index in [-0.39, 0.29) is 18.4 Å². The van der Waals surface area contributed by atoms with Gasteiger partial charge in [-0.05, 0) is 18.2 Å². The van der Waals surface area contributed by atoms with Crippen molar-refractivity contribution in [3.8, 4) is 0 Å². The molecule has 0 radical (unpaired) electrons. The smallest absolute Gasteiger partial charge is 0.325 e. The fraction of sp³-hybridized carbons (Fsp3) is 0.286. The maximum atomic E-state index is 11.6. The third-order valence-corrected chi connectivity index (χ3v) is 3.81. The van der Waals surface area contributed by atoms with Gasteiger partial charge < -0.3 is 14.6 Å². The van der Waals surface area contributed by atoms with E-state index in [1.165, 1.54) is 32.3 Å². The molecular weight excluding hydrogens is 306 g/mol. The summed E-state index contributed by atoms with van der Waals surface area (Å²) in [5, 5.41) is 2.69. The van der Waals surface area contributed by atoms with Crippen LogP contribution in [-0.2, 0) is 25.7 Å². The number of benzene rings is 1. The second-order valence-electron chi connectivity index (χ2n) is 4.54. The van der Waals surface area contributed by atoms with Crippen LogP contribution in [0, 0.1) is 0 Å². The van der Waals surface area contributed by atoms with Gasteiger partial charge >= 0.3 is 5.97 Å². The lowest BCUT2D eigenvalue weighted by molar-refractivity contribution is -0.141. The average molecular weight is 321 g/mol. The number of nitrogens with one attached hydrogen (secondary N) is 1. The predicted molar refractivity (Wildman–Crippen MR) is 82.4 cm³/mol. The Bertz CT molecular complexity index is 819. The van der Waals surface area contributed by atoms with Crippen molar-refractivity contribution in [1.82, 2.24) is 4.57 Å². The number of aromatic nitrogens is 1. The number of thiazole rings is 1. The number of methoxy groups -OCH3 is 1. The lowest BCUT2D eigenvalue weighted by Crippen LogP contribution is -2.22. The molecule has 0 fully saturated rings. The Morgan fingerprint density at radius 3 is 2.64 bits per heavy atom. The van der Waals surface area contributed by atoms with Gasteiger partial charge in [0.05, 0.1) is 17.3 Å². The summed E-state index contributed by atoms with van der Waals surface area (Å²) in [7, 11) is 1.30. The third-order valence-electron chi connectivity index (χ3n) is 2.77. The van der Waals surface area contributed by atoms with Crippen LogP contribution in [-0.4, -0.2) is 29.5 Å². The van der Waals surface area contributed by atoms with Gasteiger partial charge in [-0.3, -0.25) is 14.4 Å². The van der Waals surface area contributed by atoms with Crippen LogP contribution >= 0.6 is 11.3 Å². The zero-order chi connectivity index (χ0) is 16.3. The number of fused-ring (bicyclic) bond motifs is 1. The highest BCUT2D eigenvalue weighted by Gasteiger charge is 2.11. The third kappa shape index (κ3) is 3.59. The second-order valence-corrected chi connectivity index (χ2v) is 5.55. The van der Waals surface area contributed by atoms with E-state index >= 15 is 0 Å². The zero-order valence-electron chi connectivity index (χ0n) is 12.4. The van der Waals surface area contributed by atoms with E-state index in [2.05, 4.69) is 15.0 Å². The standard InChI is InChI=1S/C14H15N3O4S/c1-8(18)15-10-4-5-11-12(6-10)22-14(16-9(2)19)17(11)7-13(20)21-3/h4-6H,7H2,1-3H3,(H,15,18). The highest BCUT2D eigenvalue weighted by Crippen LogP contribution is 2.22. The quantitative estimate of drug-likeness (QED) is 0.862. The van der Waals surface area contributed by atoms with Crippen LogP contribution in [0.3, 0.4) is 0 Å². The highest BCUT2D eigenvalue weighted by molar-refractivity contribution is 7.16. The van der Waals surface area contributed by atoms with Crippen molar-refractivity contribution in [3.63, 3.8) is 0 Å². The number of hydrogen-bond acceptors (Lipinski definition) is 5. The predicted octanol–water partition coefficient (Wildman–Crippen LogP) is 1.28. The molecule has 116 valence electrons. The Morgan fingerprint density at radius 2 is 2.05 bits per heavy atom. The molecule has 1 heterocycles. The van der Waals surface area contributed by atoms with Gasteiger partial charge in [0.25, 0.3) is 0 Å². The van der Waals surface area contributed by atoms with Gasteiger partial charge in [-0.1, -0.05) is 11.3 Å². The molecule has 1 aromatic heterocycles. The molecule has 0 aliphatic rings. The number of carbonyl (C=O) groups excluding carboxylic acids is 3. The van der Waals surface area contributed by atoms with Crippen LogP contribution in [0.5, 0.6) is 0 Å². The molecule has 2 amide bonds. The Kier molecular flexibility index (Phi) is 4.71. The molecule has 0 aliphatic heterocycles. The SMILES string of the molecule is COC(=O)Cn1c(=NC(C)=O)sc2cc(NC(C)=O)ccc21. The lowest BCUT2D eigenvalue weighted by atomic mass is 10.3. The monoisotopic (exact) mass is 321 g/mol. The molecular formula is C14H15N3O4S. The van der Waals surface area contributed by atoms with Crippen molar-refractivity contribution in [1.29, 1.82) is 0 Å². The lowest BCUT2D eigenvalue weighted by Gasteiger charge is -2.05. The van der Waals surface area contributed by atoms with E-state index in [4.69, 9.17) is 0 Å². The number of esters is 1. The fourth-order valence-corrected chi connectivity index (χ4v) is 3.03. The molecule has 7 nitrogen and oxygen atoms in total. The zero-order valence-corrected chi connectivity index (χ0v) is 13.2. The first kappa shape index (κ1) is 15.9. The molecule has 0 spiro atoms. The number of rotatable bonds is 3. The number of ether oxygens (including phenoxy) is 1. The summed E-state index contributed by atoms with van der Waals surface area (Å²) in [5.74, 6) is -0.963. The Morgan fingerprint density at radius 1 is 1.32 bits per heavy atom. The van der Waals surface area contributed by atoms with Crippen LogP contribution in [0.15, 0.2) is 23.2 Å². The van der Waals surface area contributed by atoms with Crippen LogP contribution in [0.25, 0.3) is 10.2 Å². The van der Waals surface area contributed by atoms with Crippen molar-refractivity contribution in [2.75, 3.05) is 12.4 Å². The van der Waals surface area contributed by atoms with Gasteiger partial charge in [-0.2, -0.15) is 4.99 Å². The van der Waals surface area contributed by atoms with Gasteiger partial charge in [-0.25, -0.2) is 0 Å². The van der Waals surface area contributed by atoms with E-state index in [1.807, 2.05) is 0 Å². The molecule has 0 saturated carbocycles. The maximum absolute atomic E-state index is 11.6. The molecule has 0 aliphatic carbocycles. The summed E-state index contributed by atoms with van der Waals surface area (Å²) in [4.78, 5) is 38.3. The summed E-state index contributed by atoms with van der Waals surface area (Å²) in [6.07, 6.45) is 0. The number of hydrogen-bond donors (Lipinski definition) is 1. The second kappa shape index (κ2) is 6.52. The molecule has 2 aromatic rings. The van der Waals surface area contributed by atoms with E-state index in [0.717, 1.165) is 10.2 Å². The molecule has 8 heteroatoms. The van der Waals surface area contributed by atoms with Crippen molar-refractivity contribution in [3.05, 3.63) is 23.0 Å². The van der Waals surface area contributed by atoms with E-state index in [0.29, 0.717) is 10.5 Å². The summed E-state index contributed by atoms with van der Waals surface area (Å²) in [5.41, 5.74) is 1.38. The number of anilines is 1. The van der Waals surface area contributed by atoms with E-state index in [1.54, 1.807) is 22.8 Å². The van der Waals surface area contributed by atoms with Gasteiger partial charge in [0.15, 0.2) is 4.80 Å². The minimum Gasteiger partial charge on any atom is -0.468 e. The Labute approximate surface area is 130 Å². The minimum atomic E-state index is -0.435. The maximum Gasteiger partial charge on any atom is 0.325 e. The summed E-state index contributed by atoms with van der Waals surface area (Å²) in [6.45, 7) is 2.73. The highest BCUT2D eigenvalue weighted by atomic mass is 32.1. The summed E-state index contributed by atoms with van der Waals surface area (Å²) in [6, 6.07) is 5.26. The van der Waals surface area contributed by atoms with E-state index in [9.17, 15) is 14.4 Å². The normalized spacial score (nSPS) is 11.5. The molecule has 22 heavy (non-hydrogen) atoms. The summed E-state index contributed by atoms with van der Waals surface area (Å²) < 4.78 is 7.09. The fourth-order valence-electron chi connectivity index (χ4n) is 1.92. The van der Waals surface area contributed by atoms with Crippen LogP contribution in [0.2, 0.25) is 0 Å². The van der Waals surface area contributed by atoms with Gasteiger partial charge in [0.2, 0.25) is 11.8 Å². The molecule has 0 bridgehead atoms. The largest absolute Gasteiger partial charge is 0.468 e. The van der Waals surface area contributed by atoms with Crippen molar-refractivity contribution in [2.24, 2.45) is 4.99 Å².